The molecule has 0 saturated heterocycles. The van der Waals surface area contributed by atoms with Crippen LogP contribution < -0.4 is 0 Å². The van der Waals surface area contributed by atoms with Crippen LogP contribution in [0.1, 0.15) is 108 Å². The monoisotopic (exact) mass is 464 g/mol. The molecule has 5 unspecified atom stereocenters. The Labute approximate surface area is 208 Å². The molecule has 3 fully saturated rings. The summed E-state index contributed by atoms with van der Waals surface area (Å²) in [6, 6.07) is 0. The predicted octanol–water partition coefficient (Wildman–Crippen LogP) is 8.60. The van der Waals surface area contributed by atoms with E-state index >= 15 is 0 Å². The van der Waals surface area contributed by atoms with Crippen LogP contribution in [0.25, 0.3) is 0 Å². The van der Waals surface area contributed by atoms with Gasteiger partial charge in [0.05, 0.1) is 0 Å². The molecule has 1 N–H and O–H groups in total. The largest absolute Gasteiger partial charge is 0.481 e. The highest BCUT2D eigenvalue weighted by molar-refractivity contribution is 5.63. The lowest BCUT2D eigenvalue weighted by molar-refractivity contribution is -0.134. The SMILES string of the molecule is CC(=O)O.CC1=C2CC(CC1C1(C3CC4CC(=C3C)C4(C)C)CC3CC(=C1C)C3(C)C)C2(C)C. The fourth-order valence-corrected chi connectivity index (χ4v) is 10.1. The molecule has 34 heavy (non-hydrogen) atoms. The molecule has 2 nitrogen and oxygen atoms in total. The molecule has 6 bridgehead atoms. The first kappa shape index (κ1) is 24.4. The Kier molecular flexibility index (Phi) is 5.12. The average Bonchev–Trinajstić information content (AvgIpc) is 2.72. The van der Waals surface area contributed by atoms with E-state index in [1.807, 2.05) is 33.4 Å². The summed E-state index contributed by atoms with van der Waals surface area (Å²) in [4.78, 5) is 9.00. The third-order valence-electron chi connectivity index (χ3n) is 12.8. The van der Waals surface area contributed by atoms with E-state index in [1.54, 1.807) is 0 Å². The van der Waals surface area contributed by atoms with Gasteiger partial charge >= 0.3 is 0 Å². The smallest absolute Gasteiger partial charge is 0.300 e. The number of carboxylic acid groups (broad SMARTS) is 1. The summed E-state index contributed by atoms with van der Waals surface area (Å²) in [5.41, 5.74) is 12.8. The summed E-state index contributed by atoms with van der Waals surface area (Å²) >= 11 is 0. The lowest BCUT2D eigenvalue weighted by atomic mass is 9.36. The van der Waals surface area contributed by atoms with Gasteiger partial charge in [0.25, 0.3) is 5.97 Å². The third-order valence-corrected chi connectivity index (χ3v) is 12.8. The Morgan fingerprint density at radius 3 is 1.35 bits per heavy atom. The Balaban J connectivity index is 0.000000560. The maximum Gasteiger partial charge on any atom is 0.300 e. The van der Waals surface area contributed by atoms with Gasteiger partial charge in [-0.05, 0) is 105 Å². The van der Waals surface area contributed by atoms with Crippen LogP contribution in [-0.2, 0) is 4.79 Å². The van der Waals surface area contributed by atoms with Gasteiger partial charge in [0.2, 0.25) is 0 Å². The van der Waals surface area contributed by atoms with Crippen LogP contribution in [0.3, 0.4) is 0 Å². The van der Waals surface area contributed by atoms with Crippen molar-refractivity contribution in [1.29, 1.82) is 0 Å². The average molecular weight is 465 g/mol. The number of carboxylic acids is 1. The van der Waals surface area contributed by atoms with E-state index in [0.29, 0.717) is 21.7 Å². The van der Waals surface area contributed by atoms with Crippen LogP contribution in [-0.4, -0.2) is 11.1 Å². The van der Waals surface area contributed by atoms with E-state index in [9.17, 15) is 0 Å². The second kappa shape index (κ2) is 7.13. The molecule has 9 aliphatic carbocycles. The number of aliphatic carboxylic acids is 1. The van der Waals surface area contributed by atoms with Gasteiger partial charge in [0, 0.05) is 12.3 Å². The summed E-state index contributed by atoms with van der Waals surface area (Å²) in [5.74, 6) is 3.52. The number of allylic oxidation sites excluding steroid dienone is 6. The minimum atomic E-state index is -0.833. The fraction of sp³-hybridized carbons (Fsp3) is 0.781. The molecular formula is C32H48O2. The molecule has 9 rings (SSSR count). The van der Waals surface area contributed by atoms with Gasteiger partial charge in [-0.15, -0.1) is 0 Å². The topological polar surface area (TPSA) is 37.3 Å². The van der Waals surface area contributed by atoms with Gasteiger partial charge in [-0.25, -0.2) is 0 Å². The Bertz CT molecular complexity index is 987. The first-order valence-corrected chi connectivity index (χ1v) is 13.9. The van der Waals surface area contributed by atoms with Gasteiger partial charge in [-0.3, -0.25) is 4.79 Å². The van der Waals surface area contributed by atoms with Crippen molar-refractivity contribution in [2.45, 2.75) is 108 Å². The summed E-state index contributed by atoms with van der Waals surface area (Å²) in [6.07, 6.45) is 8.56. The minimum Gasteiger partial charge on any atom is -0.481 e. The van der Waals surface area contributed by atoms with Crippen molar-refractivity contribution in [3.63, 3.8) is 0 Å². The second-order valence-electron chi connectivity index (χ2n) is 14.6. The van der Waals surface area contributed by atoms with E-state index in [4.69, 9.17) is 9.90 Å². The van der Waals surface area contributed by atoms with Gasteiger partial charge in [-0.1, -0.05) is 75.0 Å². The zero-order chi connectivity index (χ0) is 25.2. The highest BCUT2D eigenvalue weighted by atomic mass is 16.4. The fourth-order valence-electron chi connectivity index (χ4n) is 10.1. The number of hydrogen-bond donors (Lipinski definition) is 1. The van der Waals surface area contributed by atoms with E-state index in [0.717, 1.165) is 36.5 Å². The zero-order valence-electron chi connectivity index (χ0n) is 23.5. The molecule has 188 valence electrons. The molecule has 9 aliphatic rings. The third kappa shape index (κ3) is 2.83. The molecule has 0 aromatic carbocycles. The normalized spacial score (nSPS) is 42.1. The summed E-state index contributed by atoms with van der Waals surface area (Å²) in [7, 11) is 0. The summed E-state index contributed by atoms with van der Waals surface area (Å²) in [5, 5.41) is 7.42. The maximum atomic E-state index is 9.00. The molecule has 3 saturated carbocycles. The van der Waals surface area contributed by atoms with Crippen LogP contribution in [0.4, 0.5) is 0 Å². The lowest BCUT2D eigenvalue weighted by Crippen LogP contribution is -2.59. The van der Waals surface area contributed by atoms with Crippen LogP contribution in [0.2, 0.25) is 0 Å². The first-order valence-electron chi connectivity index (χ1n) is 13.9. The molecule has 0 radical (unpaired) electrons. The quantitative estimate of drug-likeness (QED) is 0.415. The molecule has 0 amide bonds. The van der Waals surface area contributed by atoms with Crippen molar-refractivity contribution in [3.05, 3.63) is 33.4 Å². The second-order valence-corrected chi connectivity index (χ2v) is 14.6. The van der Waals surface area contributed by atoms with Crippen molar-refractivity contribution < 1.29 is 9.90 Å². The van der Waals surface area contributed by atoms with Crippen LogP contribution in [0.5, 0.6) is 0 Å². The molecule has 0 aromatic heterocycles. The van der Waals surface area contributed by atoms with Crippen molar-refractivity contribution in [2.24, 2.45) is 51.2 Å². The van der Waals surface area contributed by atoms with Gasteiger partial charge in [0.1, 0.15) is 0 Å². The Morgan fingerprint density at radius 1 is 0.706 bits per heavy atom. The molecule has 0 spiro atoms. The van der Waals surface area contributed by atoms with Crippen LogP contribution in [0, 0.1) is 51.2 Å². The standard InChI is InChI=1S/C30H44.C2H4O2/c1-16-22-10-19(27(22,4)5)12-24(16)30(15-21-14-26(18(30)3)29(21,8)9)25-13-20-11-23(17(25)2)28(20,6)7;1-2(3)4/h19-21,24-25H,10-15H2,1-9H3;1H3,(H,3,4). The minimum absolute atomic E-state index is 0.419. The highest BCUT2D eigenvalue weighted by Crippen LogP contribution is 2.75. The van der Waals surface area contributed by atoms with Gasteiger partial charge in [0.15, 0.2) is 0 Å². The Hall–Kier alpha value is -1.31. The van der Waals surface area contributed by atoms with E-state index in [2.05, 4.69) is 62.3 Å². The molecular weight excluding hydrogens is 416 g/mol. The molecule has 0 aliphatic heterocycles. The van der Waals surface area contributed by atoms with Crippen LogP contribution >= 0.6 is 0 Å². The lowest BCUT2D eigenvalue weighted by Gasteiger charge is -2.69. The number of rotatable bonds is 2. The number of hydrogen-bond acceptors (Lipinski definition) is 1. The summed E-state index contributed by atoms with van der Waals surface area (Å²) in [6.45, 7) is 24.0. The molecule has 0 heterocycles. The van der Waals surface area contributed by atoms with E-state index < -0.39 is 5.97 Å². The highest BCUT2D eigenvalue weighted by Gasteiger charge is 2.65. The number of fused-ring (bicyclic) bond motifs is 8. The van der Waals surface area contributed by atoms with Crippen LogP contribution in [0.15, 0.2) is 33.4 Å². The van der Waals surface area contributed by atoms with Crippen molar-refractivity contribution >= 4 is 5.97 Å². The molecule has 0 aromatic rings. The van der Waals surface area contributed by atoms with Crippen molar-refractivity contribution in [2.75, 3.05) is 0 Å². The zero-order valence-corrected chi connectivity index (χ0v) is 23.5. The van der Waals surface area contributed by atoms with Crippen molar-refractivity contribution in [1.82, 2.24) is 0 Å². The predicted molar refractivity (Wildman–Crippen MR) is 140 cm³/mol. The Morgan fingerprint density at radius 2 is 1.06 bits per heavy atom. The number of carbonyl (C=O) groups is 1. The maximum absolute atomic E-state index is 9.00. The molecule has 5 atom stereocenters. The van der Waals surface area contributed by atoms with E-state index in [1.165, 1.54) is 38.5 Å². The summed E-state index contributed by atoms with van der Waals surface area (Å²) < 4.78 is 0. The van der Waals surface area contributed by atoms with Gasteiger partial charge < -0.3 is 5.11 Å². The van der Waals surface area contributed by atoms with E-state index in [-0.39, 0.29) is 0 Å². The van der Waals surface area contributed by atoms with Crippen molar-refractivity contribution in [3.8, 4) is 0 Å². The molecule has 2 heteroatoms. The van der Waals surface area contributed by atoms with Gasteiger partial charge in [-0.2, -0.15) is 0 Å². The first-order chi connectivity index (χ1) is 15.6.